The molecule has 0 heterocycles. The second kappa shape index (κ2) is 7.15. The Morgan fingerprint density at radius 2 is 1.59 bits per heavy atom. The average Bonchev–Trinajstić information content (AvgIpc) is 3.07. The number of rotatable bonds is 5. The van der Waals surface area contributed by atoms with Gasteiger partial charge in [-0.15, -0.1) is 0 Å². The van der Waals surface area contributed by atoms with Crippen LogP contribution in [0.25, 0.3) is 0 Å². The van der Waals surface area contributed by atoms with Gasteiger partial charge in [-0.2, -0.15) is 0 Å². The molecule has 2 aromatic rings. The summed E-state index contributed by atoms with van der Waals surface area (Å²) >= 11 is 5.90. The standard InChI is InChI=1S/C20H17ClO/c21-19-10-12-20(13-11-19)22-15-18(14-16-6-4-5-7-16)17-8-2-1-3-9-17/h1-14,18H,15H2. The summed E-state index contributed by atoms with van der Waals surface area (Å²) < 4.78 is 5.94. The second-order valence-electron chi connectivity index (χ2n) is 5.17. The summed E-state index contributed by atoms with van der Waals surface area (Å²) in [5.41, 5.74) is 2.46. The van der Waals surface area contributed by atoms with Crippen LogP contribution in [0.2, 0.25) is 5.02 Å². The highest BCUT2D eigenvalue weighted by molar-refractivity contribution is 6.30. The lowest BCUT2D eigenvalue weighted by molar-refractivity contribution is 0.306. The molecular weight excluding hydrogens is 292 g/mol. The van der Waals surface area contributed by atoms with E-state index < -0.39 is 0 Å². The Bertz CT molecular complexity index is 682. The topological polar surface area (TPSA) is 9.23 Å². The first-order chi connectivity index (χ1) is 10.8. The molecule has 1 nitrogen and oxygen atoms in total. The smallest absolute Gasteiger partial charge is 0.119 e. The Morgan fingerprint density at radius 1 is 0.909 bits per heavy atom. The normalized spacial score (nSPS) is 14.1. The molecule has 0 fully saturated rings. The minimum Gasteiger partial charge on any atom is -0.493 e. The van der Waals surface area contributed by atoms with Crippen LogP contribution in [0.5, 0.6) is 5.75 Å². The Labute approximate surface area is 136 Å². The third-order valence-corrected chi connectivity index (χ3v) is 3.80. The monoisotopic (exact) mass is 308 g/mol. The Kier molecular flexibility index (Phi) is 4.77. The minimum absolute atomic E-state index is 0.208. The highest BCUT2D eigenvalue weighted by atomic mass is 35.5. The number of hydrogen-bond donors (Lipinski definition) is 0. The van der Waals surface area contributed by atoms with E-state index in [4.69, 9.17) is 16.3 Å². The molecule has 0 aliphatic heterocycles. The van der Waals surface area contributed by atoms with Crippen LogP contribution in [0.15, 0.2) is 90.6 Å². The molecule has 0 saturated carbocycles. The molecule has 1 aliphatic carbocycles. The van der Waals surface area contributed by atoms with Crippen molar-refractivity contribution >= 4 is 11.6 Å². The van der Waals surface area contributed by atoms with E-state index in [2.05, 4.69) is 42.5 Å². The van der Waals surface area contributed by atoms with Crippen molar-refractivity contribution in [3.8, 4) is 5.75 Å². The van der Waals surface area contributed by atoms with Gasteiger partial charge in [-0.05, 0) is 35.4 Å². The van der Waals surface area contributed by atoms with Gasteiger partial charge < -0.3 is 4.74 Å². The van der Waals surface area contributed by atoms with Crippen LogP contribution in [0.4, 0.5) is 0 Å². The molecule has 0 radical (unpaired) electrons. The number of hydrogen-bond acceptors (Lipinski definition) is 1. The summed E-state index contributed by atoms with van der Waals surface area (Å²) in [4.78, 5) is 0. The maximum atomic E-state index is 5.94. The zero-order chi connectivity index (χ0) is 15.2. The van der Waals surface area contributed by atoms with Gasteiger partial charge in [-0.1, -0.05) is 72.3 Å². The quantitative estimate of drug-likeness (QED) is 0.703. The Balaban J connectivity index is 1.76. The zero-order valence-corrected chi connectivity index (χ0v) is 12.9. The summed E-state index contributed by atoms with van der Waals surface area (Å²) in [5.74, 6) is 1.04. The van der Waals surface area contributed by atoms with E-state index in [0.29, 0.717) is 6.61 Å². The van der Waals surface area contributed by atoms with E-state index in [1.165, 1.54) is 11.1 Å². The highest BCUT2D eigenvalue weighted by Crippen LogP contribution is 2.23. The van der Waals surface area contributed by atoms with Crippen molar-refractivity contribution in [3.05, 3.63) is 101 Å². The molecule has 0 spiro atoms. The maximum absolute atomic E-state index is 5.94. The molecule has 0 aromatic heterocycles. The number of ether oxygens (including phenoxy) is 1. The van der Waals surface area contributed by atoms with Crippen LogP contribution in [-0.4, -0.2) is 6.61 Å². The summed E-state index contributed by atoms with van der Waals surface area (Å²) in [6, 6.07) is 17.9. The molecular formula is C20H17ClO. The first kappa shape index (κ1) is 14.7. The molecule has 1 atom stereocenters. The molecule has 1 unspecified atom stereocenters. The SMILES string of the molecule is Clc1ccc(OCC(C=C2C=CC=C2)c2ccccc2)cc1. The van der Waals surface area contributed by atoms with Crippen molar-refractivity contribution in [3.63, 3.8) is 0 Å². The molecule has 0 bridgehead atoms. The molecule has 22 heavy (non-hydrogen) atoms. The maximum Gasteiger partial charge on any atom is 0.119 e. The van der Waals surface area contributed by atoms with Crippen molar-refractivity contribution in [2.75, 3.05) is 6.61 Å². The van der Waals surface area contributed by atoms with Gasteiger partial charge in [-0.25, -0.2) is 0 Å². The zero-order valence-electron chi connectivity index (χ0n) is 12.2. The van der Waals surface area contributed by atoms with Crippen LogP contribution >= 0.6 is 11.6 Å². The van der Waals surface area contributed by atoms with Crippen molar-refractivity contribution in [1.29, 1.82) is 0 Å². The average molecular weight is 309 g/mol. The van der Waals surface area contributed by atoms with Gasteiger partial charge in [0.1, 0.15) is 5.75 Å². The van der Waals surface area contributed by atoms with Gasteiger partial charge in [0.05, 0.1) is 6.61 Å². The Hall–Kier alpha value is -2.25. The fraction of sp³-hybridized carbons (Fsp3) is 0.100. The van der Waals surface area contributed by atoms with Crippen molar-refractivity contribution in [1.82, 2.24) is 0 Å². The van der Waals surface area contributed by atoms with E-state index in [0.717, 1.165) is 10.8 Å². The number of halogens is 1. The molecule has 2 heteroatoms. The number of allylic oxidation sites excluding steroid dienone is 5. The number of benzene rings is 2. The molecule has 2 aromatic carbocycles. The van der Waals surface area contributed by atoms with Gasteiger partial charge in [-0.3, -0.25) is 0 Å². The van der Waals surface area contributed by atoms with E-state index in [9.17, 15) is 0 Å². The fourth-order valence-electron chi connectivity index (χ4n) is 2.39. The molecule has 110 valence electrons. The predicted molar refractivity (Wildman–Crippen MR) is 92.5 cm³/mol. The van der Waals surface area contributed by atoms with Crippen LogP contribution < -0.4 is 4.74 Å². The lowest BCUT2D eigenvalue weighted by atomic mass is 9.97. The summed E-state index contributed by atoms with van der Waals surface area (Å²) in [6.07, 6.45) is 10.6. The van der Waals surface area contributed by atoms with Crippen LogP contribution in [0.3, 0.4) is 0 Å². The molecule has 0 amide bonds. The molecule has 1 aliphatic rings. The molecule has 3 rings (SSSR count). The minimum atomic E-state index is 0.208. The van der Waals surface area contributed by atoms with Crippen molar-refractivity contribution in [2.24, 2.45) is 0 Å². The third-order valence-electron chi connectivity index (χ3n) is 3.55. The van der Waals surface area contributed by atoms with Crippen molar-refractivity contribution in [2.45, 2.75) is 5.92 Å². The largest absolute Gasteiger partial charge is 0.493 e. The third kappa shape index (κ3) is 3.90. The predicted octanol–water partition coefficient (Wildman–Crippen LogP) is 5.56. The first-order valence-electron chi connectivity index (χ1n) is 7.31. The summed E-state index contributed by atoms with van der Waals surface area (Å²) in [5, 5.41) is 0.718. The van der Waals surface area contributed by atoms with E-state index >= 15 is 0 Å². The van der Waals surface area contributed by atoms with Crippen molar-refractivity contribution < 1.29 is 4.74 Å². The van der Waals surface area contributed by atoms with E-state index in [1.54, 1.807) is 0 Å². The van der Waals surface area contributed by atoms with Gasteiger partial charge >= 0.3 is 0 Å². The fourth-order valence-corrected chi connectivity index (χ4v) is 2.52. The van der Waals surface area contributed by atoms with Crippen LogP contribution in [0.1, 0.15) is 11.5 Å². The second-order valence-corrected chi connectivity index (χ2v) is 5.60. The summed E-state index contributed by atoms with van der Waals surface area (Å²) in [7, 11) is 0. The van der Waals surface area contributed by atoms with Gasteiger partial charge in [0.25, 0.3) is 0 Å². The summed E-state index contributed by atoms with van der Waals surface area (Å²) in [6.45, 7) is 0.594. The van der Waals surface area contributed by atoms with Gasteiger partial charge in [0.2, 0.25) is 0 Å². The van der Waals surface area contributed by atoms with Gasteiger partial charge in [0.15, 0.2) is 0 Å². The van der Waals surface area contributed by atoms with Gasteiger partial charge in [0, 0.05) is 10.9 Å². The first-order valence-corrected chi connectivity index (χ1v) is 7.69. The lowest BCUT2D eigenvalue weighted by Gasteiger charge is -2.15. The van der Waals surface area contributed by atoms with Crippen LogP contribution in [-0.2, 0) is 0 Å². The highest BCUT2D eigenvalue weighted by Gasteiger charge is 2.11. The molecule has 0 N–H and O–H groups in total. The van der Waals surface area contributed by atoms with Crippen LogP contribution in [0, 0.1) is 0 Å². The molecule has 0 saturated heterocycles. The lowest BCUT2D eigenvalue weighted by Crippen LogP contribution is -2.08. The van der Waals surface area contributed by atoms with E-state index in [-0.39, 0.29) is 5.92 Å². The Morgan fingerprint density at radius 3 is 2.27 bits per heavy atom. The van der Waals surface area contributed by atoms with E-state index in [1.807, 2.05) is 42.5 Å².